The van der Waals surface area contributed by atoms with Crippen LogP contribution >= 0.6 is 0 Å². The molecule has 3 saturated carbocycles. The first-order chi connectivity index (χ1) is 17.5. The zero-order valence-electron chi connectivity index (χ0n) is 21.3. The van der Waals surface area contributed by atoms with E-state index in [1.807, 2.05) is 0 Å². The van der Waals surface area contributed by atoms with Crippen LogP contribution in [0.1, 0.15) is 77.6 Å². The molecule has 0 amide bonds. The maximum absolute atomic E-state index is 15.3. The van der Waals surface area contributed by atoms with E-state index in [0.717, 1.165) is 25.7 Å². The van der Waals surface area contributed by atoms with E-state index in [-0.39, 0.29) is 18.4 Å². The second-order valence-corrected chi connectivity index (χ2v) is 11.9. The lowest BCUT2D eigenvalue weighted by molar-refractivity contribution is -0.323. The molecule has 37 heavy (non-hydrogen) atoms. The Bertz CT molecular complexity index is 697. The van der Waals surface area contributed by atoms with Crippen LogP contribution in [-0.4, -0.2) is 62.0 Å². The predicted octanol–water partition coefficient (Wildman–Crippen LogP) is 7.82. The normalized spacial score (nSPS) is 48.1. The number of halogens is 8. The van der Waals surface area contributed by atoms with Crippen molar-refractivity contribution in [2.24, 2.45) is 29.6 Å². The molecule has 9 unspecified atom stereocenters. The van der Waals surface area contributed by atoms with Crippen LogP contribution in [0.4, 0.5) is 35.1 Å². The number of ether oxygens (including phenoxy) is 2. The van der Waals surface area contributed by atoms with Crippen LogP contribution in [0.2, 0.25) is 0 Å². The van der Waals surface area contributed by atoms with Crippen LogP contribution in [0.3, 0.4) is 0 Å². The molecule has 1 aliphatic heterocycles. The third kappa shape index (κ3) is 6.75. The number of alkyl halides is 8. The molecule has 4 rings (SSSR count). The molecule has 0 N–H and O–H groups in total. The number of rotatable bonds is 7. The van der Waals surface area contributed by atoms with Crippen molar-refractivity contribution < 1.29 is 44.6 Å². The zero-order valence-corrected chi connectivity index (χ0v) is 21.3. The molecule has 216 valence electrons. The predicted molar refractivity (Wildman–Crippen MR) is 123 cm³/mol. The van der Waals surface area contributed by atoms with Crippen LogP contribution in [0, 0.1) is 29.6 Å². The Balaban J connectivity index is 1.30. The van der Waals surface area contributed by atoms with Gasteiger partial charge in [0.2, 0.25) is 0 Å². The van der Waals surface area contributed by atoms with E-state index in [9.17, 15) is 22.0 Å². The maximum Gasteiger partial charge on any atom is 0.364 e. The van der Waals surface area contributed by atoms with Gasteiger partial charge in [-0.05, 0) is 75.0 Å². The van der Waals surface area contributed by atoms with E-state index in [0.29, 0.717) is 25.4 Å². The van der Waals surface area contributed by atoms with Gasteiger partial charge in [-0.2, -0.15) is 8.78 Å². The van der Waals surface area contributed by atoms with Crippen LogP contribution < -0.4 is 0 Å². The molecule has 0 spiro atoms. The summed E-state index contributed by atoms with van der Waals surface area (Å²) in [6.07, 6.45) is -16.0. The van der Waals surface area contributed by atoms with E-state index < -0.39 is 92.7 Å². The molecule has 1 saturated heterocycles. The van der Waals surface area contributed by atoms with Crippen LogP contribution in [0.15, 0.2) is 0 Å². The molecule has 2 nitrogen and oxygen atoms in total. The fourth-order valence-corrected chi connectivity index (χ4v) is 7.32. The first-order valence-corrected chi connectivity index (χ1v) is 14.0. The van der Waals surface area contributed by atoms with Gasteiger partial charge in [0.1, 0.15) is 36.8 Å². The van der Waals surface area contributed by atoms with Gasteiger partial charge in [0.05, 0.1) is 12.2 Å². The molecule has 4 fully saturated rings. The third-order valence-electron chi connectivity index (χ3n) is 9.31. The third-order valence-corrected chi connectivity index (χ3v) is 9.31. The lowest BCUT2D eigenvalue weighted by Crippen LogP contribution is -2.52. The fourth-order valence-electron chi connectivity index (χ4n) is 7.32. The van der Waals surface area contributed by atoms with Crippen molar-refractivity contribution in [3.63, 3.8) is 0 Å². The molecule has 0 radical (unpaired) electrons. The highest BCUT2D eigenvalue weighted by atomic mass is 19.3. The summed E-state index contributed by atoms with van der Waals surface area (Å²) in [4.78, 5) is 0. The highest BCUT2D eigenvalue weighted by Gasteiger charge is 2.57. The van der Waals surface area contributed by atoms with E-state index in [1.165, 1.54) is 0 Å². The largest absolute Gasteiger partial charge is 0.378 e. The lowest BCUT2D eigenvalue weighted by atomic mass is 9.66. The topological polar surface area (TPSA) is 18.5 Å². The van der Waals surface area contributed by atoms with Crippen LogP contribution in [0.25, 0.3) is 0 Å². The van der Waals surface area contributed by atoms with E-state index in [4.69, 9.17) is 4.74 Å². The minimum atomic E-state index is -4.32. The van der Waals surface area contributed by atoms with Crippen molar-refractivity contribution in [1.82, 2.24) is 0 Å². The monoisotopic (exact) mass is 548 g/mol. The maximum atomic E-state index is 15.3. The summed E-state index contributed by atoms with van der Waals surface area (Å²) in [6.45, 7) is 2.81. The van der Waals surface area contributed by atoms with E-state index >= 15 is 13.2 Å². The van der Waals surface area contributed by atoms with Crippen molar-refractivity contribution >= 4 is 0 Å². The number of hydrogen-bond donors (Lipinski definition) is 0. The van der Waals surface area contributed by atoms with Gasteiger partial charge < -0.3 is 9.47 Å². The van der Waals surface area contributed by atoms with Gasteiger partial charge >= 0.3 is 6.11 Å². The summed E-state index contributed by atoms with van der Waals surface area (Å²) in [7, 11) is 0. The summed E-state index contributed by atoms with van der Waals surface area (Å²) in [6, 6.07) is 0. The second-order valence-electron chi connectivity index (χ2n) is 11.9. The van der Waals surface area contributed by atoms with Crippen molar-refractivity contribution in [3.8, 4) is 0 Å². The van der Waals surface area contributed by atoms with Gasteiger partial charge in [-0.3, -0.25) is 0 Å². The van der Waals surface area contributed by atoms with E-state index in [1.54, 1.807) is 0 Å². The molecule has 4 aliphatic rings. The Morgan fingerprint density at radius 3 is 1.89 bits per heavy atom. The van der Waals surface area contributed by atoms with Crippen molar-refractivity contribution in [3.05, 3.63) is 0 Å². The molecule has 3 aliphatic carbocycles. The molecule has 9 atom stereocenters. The highest BCUT2D eigenvalue weighted by Crippen LogP contribution is 2.50. The standard InChI is InChI=1S/C27H40F8O2/c1-2-3-14-4-7-24(36-13-14)15-5-6-18(19(28)8-15)16-9-20(29)25(21(30)10-16)27(34,35)37-17-11-22(31)26(33)23(32)12-17/h14-26H,2-13H2,1H3. The molecule has 0 bridgehead atoms. The van der Waals surface area contributed by atoms with Gasteiger partial charge in [0, 0.05) is 19.4 Å². The Morgan fingerprint density at radius 2 is 1.35 bits per heavy atom. The van der Waals surface area contributed by atoms with Crippen LogP contribution in [-0.2, 0) is 9.47 Å². The summed E-state index contributed by atoms with van der Waals surface area (Å²) in [5.74, 6) is -3.21. The lowest BCUT2D eigenvalue weighted by Gasteiger charge is -2.45. The van der Waals surface area contributed by atoms with Gasteiger partial charge in [-0.1, -0.05) is 13.3 Å². The Hall–Kier alpha value is -0.640. The van der Waals surface area contributed by atoms with Crippen molar-refractivity contribution in [2.75, 3.05) is 6.61 Å². The molecular formula is C27H40F8O2. The van der Waals surface area contributed by atoms with Gasteiger partial charge in [-0.15, -0.1) is 0 Å². The van der Waals surface area contributed by atoms with Gasteiger partial charge in [0.25, 0.3) is 0 Å². The van der Waals surface area contributed by atoms with Crippen LogP contribution in [0.5, 0.6) is 0 Å². The fraction of sp³-hybridized carbons (Fsp3) is 1.00. The highest BCUT2D eigenvalue weighted by molar-refractivity contribution is 4.97. The molecule has 0 aromatic carbocycles. The second kappa shape index (κ2) is 12.3. The van der Waals surface area contributed by atoms with Crippen molar-refractivity contribution in [1.29, 1.82) is 0 Å². The van der Waals surface area contributed by atoms with Gasteiger partial charge in [-0.25, -0.2) is 26.3 Å². The first-order valence-electron chi connectivity index (χ1n) is 14.0. The summed E-state index contributed by atoms with van der Waals surface area (Å²) in [5.41, 5.74) is 0. The van der Waals surface area contributed by atoms with Crippen molar-refractivity contribution in [2.45, 2.75) is 133 Å². The average Bonchev–Trinajstić information content (AvgIpc) is 2.82. The zero-order chi connectivity index (χ0) is 26.9. The van der Waals surface area contributed by atoms with E-state index in [2.05, 4.69) is 11.7 Å². The smallest absolute Gasteiger partial charge is 0.364 e. The molecule has 10 heteroatoms. The quantitative estimate of drug-likeness (QED) is 0.302. The minimum Gasteiger partial charge on any atom is -0.378 e. The minimum absolute atomic E-state index is 0.0120. The average molecular weight is 549 g/mol. The summed E-state index contributed by atoms with van der Waals surface area (Å²) < 4.78 is 126. The Morgan fingerprint density at radius 1 is 0.730 bits per heavy atom. The molecule has 0 aromatic rings. The Labute approximate surface area is 214 Å². The summed E-state index contributed by atoms with van der Waals surface area (Å²) >= 11 is 0. The molecular weight excluding hydrogens is 508 g/mol. The van der Waals surface area contributed by atoms with Gasteiger partial charge in [0.15, 0.2) is 6.17 Å². The summed E-state index contributed by atoms with van der Waals surface area (Å²) in [5, 5.41) is 0. The molecule has 1 heterocycles. The number of hydrogen-bond acceptors (Lipinski definition) is 2. The molecule has 0 aromatic heterocycles. The Kier molecular flexibility index (Phi) is 9.72. The SMILES string of the molecule is CCCC1CCC(C2CCC(C3CC(F)C(C(F)(F)OC4CC(F)C(F)C(F)C4)C(F)C3)C(F)C2)OC1. The first kappa shape index (κ1) is 29.3.